The summed E-state index contributed by atoms with van der Waals surface area (Å²) in [5.74, 6) is 2.36. The van der Waals surface area contributed by atoms with Crippen LogP contribution < -0.4 is 0 Å². The van der Waals surface area contributed by atoms with E-state index in [1.807, 2.05) is 0 Å². The largest absolute Gasteiger partial charge is 0.208 e. The molecule has 0 N–H and O–H groups in total. The highest BCUT2D eigenvalue weighted by Crippen LogP contribution is 2.43. The average molecular weight is 762 g/mol. The van der Waals surface area contributed by atoms with Gasteiger partial charge in [-0.05, 0) is 141 Å². The molecule has 278 valence electrons. The first kappa shape index (κ1) is 33.2. The van der Waals surface area contributed by atoms with Crippen LogP contribution in [-0.4, -0.2) is 15.0 Å². The van der Waals surface area contributed by atoms with Crippen molar-refractivity contribution in [1.82, 2.24) is 15.0 Å². The first-order valence-electron chi connectivity index (χ1n) is 20.8. The first-order chi connectivity index (χ1) is 29.7. The van der Waals surface area contributed by atoms with Crippen molar-refractivity contribution in [1.29, 1.82) is 0 Å². The smallest absolute Gasteiger partial charge is 0.164 e. The summed E-state index contributed by atoms with van der Waals surface area (Å²) in [6.07, 6.45) is 12.2. The van der Waals surface area contributed by atoms with E-state index in [-0.39, 0.29) is 0 Å². The molecule has 1 aromatic heterocycles. The Kier molecular flexibility index (Phi) is 7.13. The second kappa shape index (κ2) is 12.9. The van der Waals surface area contributed by atoms with Gasteiger partial charge in [-0.1, -0.05) is 152 Å². The molecule has 0 amide bonds. The number of aromatic nitrogens is 3. The maximum Gasteiger partial charge on any atom is 0.164 e. The third-order valence-electron chi connectivity index (χ3n) is 12.9. The average Bonchev–Trinajstić information content (AvgIpc) is 3.31. The molecular formula is C57H35N3. The summed E-state index contributed by atoms with van der Waals surface area (Å²) in [6, 6.07) is 59.5. The molecule has 13 rings (SSSR count). The molecule has 1 atom stereocenters. The molecular weight excluding hydrogens is 727 g/mol. The van der Waals surface area contributed by atoms with Gasteiger partial charge >= 0.3 is 0 Å². The van der Waals surface area contributed by atoms with Crippen molar-refractivity contribution in [3.63, 3.8) is 0 Å². The van der Waals surface area contributed by atoms with Crippen LogP contribution in [-0.2, 0) is 6.42 Å². The van der Waals surface area contributed by atoms with Crippen molar-refractivity contribution >= 4 is 81.5 Å². The fourth-order valence-corrected chi connectivity index (χ4v) is 10.0. The van der Waals surface area contributed by atoms with Crippen molar-refractivity contribution in [2.75, 3.05) is 0 Å². The lowest BCUT2D eigenvalue weighted by Crippen LogP contribution is -2.12. The molecule has 3 heteroatoms. The van der Waals surface area contributed by atoms with Gasteiger partial charge in [0.2, 0.25) is 0 Å². The van der Waals surface area contributed by atoms with E-state index in [0.29, 0.717) is 23.4 Å². The number of nitrogens with zero attached hydrogens (tertiary/aromatic N) is 3. The van der Waals surface area contributed by atoms with E-state index >= 15 is 0 Å². The van der Waals surface area contributed by atoms with E-state index in [1.165, 1.54) is 65.2 Å². The number of allylic oxidation sites excluding steroid dienone is 5. The summed E-state index contributed by atoms with van der Waals surface area (Å²) >= 11 is 0. The van der Waals surface area contributed by atoms with Crippen LogP contribution >= 0.6 is 0 Å². The Morgan fingerprint density at radius 2 is 0.800 bits per heavy atom. The van der Waals surface area contributed by atoms with Gasteiger partial charge in [0.25, 0.3) is 0 Å². The summed E-state index contributed by atoms with van der Waals surface area (Å²) in [7, 11) is 0. The van der Waals surface area contributed by atoms with Crippen LogP contribution in [0.25, 0.3) is 116 Å². The maximum absolute atomic E-state index is 5.51. The summed E-state index contributed by atoms with van der Waals surface area (Å²) in [6.45, 7) is 0. The van der Waals surface area contributed by atoms with E-state index in [1.54, 1.807) is 0 Å². The Morgan fingerprint density at radius 3 is 1.33 bits per heavy atom. The zero-order valence-corrected chi connectivity index (χ0v) is 32.6. The van der Waals surface area contributed by atoms with Crippen molar-refractivity contribution in [3.05, 3.63) is 205 Å². The topological polar surface area (TPSA) is 38.7 Å². The van der Waals surface area contributed by atoms with Gasteiger partial charge in [0, 0.05) is 22.6 Å². The van der Waals surface area contributed by atoms with Crippen LogP contribution in [0.5, 0.6) is 0 Å². The summed E-state index contributed by atoms with van der Waals surface area (Å²) in [5, 5.41) is 16.6. The minimum Gasteiger partial charge on any atom is -0.208 e. The van der Waals surface area contributed by atoms with E-state index in [4.69, 9.17) is 15.0 Å². The molecule has 0 bridgehead atoms. The number of rotatable bonds is 3. The van der Waals surface area contributed by atoms with Gasteiger partial charge in [-0.15, -0.1) is 0 Å². The normalized spacial score (nSPS) is 14.7. The van der Waals surface area contributed by atoms with Gasteiger partial charge < -0.3 is 0 Å². The van der Waals surface area contributed by atoms with Crippen LogP contribution in [0.15, 0.2) is 194 Å². The van der Waals surface area contributed by atoms with Gasteiger partial charge in [-0.3, -0.25) is 0 Å². The molecule has 2 aliphatic rings. The molecule has 60 heavy (non-hydrogen) atoms. The lowest BCUT2D eigenvalue weighted by molar-refractivity contribution is 0.764. The van der Waals surface area contributed by atoms with E-state index < -0.39 is 0 Å². The van der Waals surface area contributed by atoms with Gasteiger partial charge in [0.1, 0.15) is 0 Å². The Balaban J connectivity index is 1.13. The Labute approximate surface area is 346 Å². The number of hydrogen-bond donors (Lipinski definition) is 0. The quantitative estimate of drug-likeness (QED) is 0.133. The van der Waals surface area contributed by atoms with Gasteiger partial charge in [0.05, 0.1) is 0 Å². The molecule has 11 aromatic rings. The molecule has 0 fully saturated rings. The maximum atomic E-state index is 5.51. The second-order valence-corrected chi connectivity index (χ2v) is 16.3. The minimum absolute atomic E-state index is 0.378. The fraction of sp³-hybridized carbons (Fsp3) is 0.0351. The lowest BCUT2D eigenvalue weighted by Gasteiger charge is -2.26. The Morgan fingerprint density at radius 1 is 0.367 bits per heavy atom. The number of benzene rings is 10. The number of hydrogen-bond acceptors (Lipinski definition) is 3. The second-order valence-electron chi connectivity index (χ2n) is 16.3. The number of fused-ring (bicyclic) bond motifs is 12. The van der Waals surface area contributed by atoms with Gasteiger partial charge in [-0.2, -0.15) is 0 Å². The van der Waals surface area contributed by atoms with E-state index in [9.17, 15) is 0 Å². The summed E-state index contributed by atoms with van der Waals surface area (Å²) in [4.78, 5) is 16.5. The van der Waals surface area contributed by atoms with E-state index in [0.717, 1.165) is 50.0 Å². The molecule has 0 spiro atoms. The van der Waals surface area contributed by atoms with Crippen molar-refractivity contribution in [2.45, 2.75) is 6.42 Å². The monoisotopic (exact) mass is 761 g/mol. The SMILES string of the molecule is C1=CC2=Cc3cc(-c4nc(-c5cc6cc7ccccc7cc6c6ccccc56)nc(-c5cc6cc7ccccc7cc6c6ccccc56)n4)c4ccccc4c3CC2C=C1. The fourth-order valence-electron chi connectivity index (χ4n) is 10.0. The Hall–Kier alpha value is -7.75. The predicted molar refractivity (Wildman–Crippen MR) is 252 cm³/mol. The predicted octanol–water partition coefficient (Wildman–Crippen LogP) is 14.6. The zero-order valence-electron chi connectivity index (χ0n) is 32.6. The van der Waals surface area contributed by atoms with Crippen LogP contribution in [0.3, 0.4) is 0 Å². The van der Waals surface area contributed by atoms with Crippen molar-refractivity contribution in [2.24, 2.45) is 5.92 Å². The molecule has 10 aromatic carbocycles. The molecule has 3 nitrogen and oxygen atoms in total. The Bertz CT molecular complexity index is 3580. The minimum atomic E-state index is 0.378. The molecule has 1 heterocycles. The molecule has 1 unspecified atom stereocenters. The first-order valence-corrected chi connectivity index (χ1v) is 20.8. The standard InChI is InChI=1S/C57H35N3/c1-4-16-37-28-49-40(25-34(37)13-1)31-52(46-22-10-7-19-43(46)49)55-58-56(53-32-41-26-35-14-2-5-17-38(35)29-50(41)44-20-8-11-23-47(44)53)60-57(59-55)54-33-42-27-36-15-3-6-18-39(36)30-51(42)45-21-9-12-24-48(45)54/h1-29,31-33,39H,30H2. The zero-order chi connectivity index (χ0) is 39.3. The molecule has 0 saturated heterocycles. The summed E-state index contributed by atoms with van der Waals surface area (Å²) < 4.78 is 0. The van der Waals surface area contributed by atoms with Crippen LogP contribution in [0.4, 0.5) is 0 Å². The summed E-state index contributed by atoms with van der Waals surface area (Å²) in [5.41, 5.74) is 6.92. The third-order valence-corrected chi connectivity index (χ3v) is 12.9. The van der Waals surface area contributed by atoms with Crippen molar-refractivity contribution in [3.8, 4) is 34.2 Å². The third kappa shape index (κ3) is 5.12. The highest BCUT2D eigenvalue weighted by Gasteiger charge is 2.25. The van der Waals surface area contributed by atoms with E-state index in [2.05, 4.69) is 194 Å². The highest BCUT2D eigenvalue weighted by atomic mass is 15.0. The molecule has 0 saturated carbocycles. The lowest BCUT2D eigenvalue weighted by atomic mass is 9.79. The van der Waals surface area contributed by atoms with Gasteiger partial charge in [-0.25, -0.2) is 15.0 Å². The molecule has 0 radical (unpaired) electrons. The highest BCUT2D eigenvalue weighted by molar-refractivity contribution is 6.18. The van der Waals surface area contributed by atoms with Crippen LogP contribution in [0, 0.1) is 5.92 Å². The molecule has 0 aliphatic heterocycles. The van der Waals surface area contributed by atoms with Crippen molar-refractivity contribution < 1.29 is 0 Å². The van der Waals surface area contributed by atoms with Crippen LogP contribution in [0.2, 0.25) is 0 Å². The molecule has 2 aliphatic carbocycles. The van der Waals surface area contributed by atoms with Gasteiger partial charge in [0.15, 0.2) is 17.5 Å². The van der Waals surface area contributed by atoms with Crippen LogP contribution in [0.1, 0.15) is 11.1 Å².